The van der Waals surface area contributed by atoms with Crippen LogP contribution in [-0.2, 0) is 11.2 Å². The van der Waals surface area contributed by atoms with Crippen molar-refractivity contribution < 1.29 is 19.1 Å². The van der Waals surface area contributed by atoms with Gasteiger partial charge in [-0.2, -0.15) is 0 Å². The minimum Gasteiger partial charge on any atom is -0.478 e. The maximum Gasteiger partial charge on any atom is 0.339 e. The summed E-state index contributed by atoms with van der Waals surface area (Å²) in [6.45, 7) is 0. The third kappa shape index (κ3) is 3.58. The van der Waals surface area contributed by atoms with Gasteiger partial charge in [-0.1, -0.05) is 35.9 Å². The number of hydrogen-bond donors (Lipinski definition) is 2. The van der Waals surface area contributed by atoms with E-state index in [4.69, 9.17) is 16.7 Å². The molecule has 0 spiro atoms. The summed E-state index contributed by atoms with van der Waals surface area (Å²) in [5.74, 6) is -2.26. The van der Waals surface area contributed by atoms with Crippen LogP contribution in [0.2, 0.25) is 5.02 Å². The van der Waals surface area contributed by atoms with E-state index in [0.29, 0.717) is 0 Å². The molecule has 2 aromatic carbocycles. The lowest BCUT2D eigenvalue weighted by Crippen LogP contribution is -2.17. The summed E-state index contributed by atoms with van der Waals surface area (Å²) < 4.78 is 13.5. The molecule has 0 aliphatic rings. The van der Waals surface area contributed by atoms with E-state index >= 15 is 0 Å². The van der Waals surface area contributed by atoms with E-state index in [-0.39, 0.29) is 28.3 Å². The Morgan fingerprint density at radius 3 is 2.52 bits per heavy atom. The standard InChI is InChI=1S/C15H11ClFNO3/c16-10-5-3-7-12(14(10)15(20)21)18-13(19)8-9-4-1-2-6-11(9)17/h1-7H,8H2,(H,18,19)(H,20,21). The van der Waals surface area contributed by atoms with Crippen LogP contribution in [0.1, 0.15) is 15.9 Å². The zero-order valence-electron chi connectivity index (χ0n) is 10.8. The Kier molecular flexibility index (Phi) is 4.55. The molecule has 0 radical (unpaired) electrons. The highest BCUT2D eigenvalue weighted by Crippen LogP contribution is 2.24. The Bertz CT molecular complexity index is 703. The summed E-state index contributed by atoms with van der Waals surface area (Å²) >= 11 is 5.80. The predicted molar refractivity (Wildman–Crippen MR) is 77.1 cm³/mol. The van der Waals surface area contributed by atoms with E-state index in [1.807, 2.05) is 0 Å². The van der Waals surface area contributed by atoms with E-state index < -0.39 is 17.7 Å². The van der Waals surface area contributed by atoms with Gasteiger partial charge in [0, 0.05) is 0 Å². The number of hydrogen-bond acceptors (Lipinski definition) is 2. The Hall–Kier alpha value is -2.40. The normalized spacial score (nSPS) is 10.2. The molecule has 0 aromatic heterocycles. The van der Waals surface area contributed by atoms with Gasteiger partial charge in [0.25, 0.3) is 0 Å². The molecule has 0 fully saturated rings. The quantitative estimate of drug-likeness (QED) is 0.910. The fourth-order valence-corrected chi connectivity index (χ4v) is 2.11. The largest absolute Gasteiger partial charge is 0.478 e. The highest BCUT2D eigenvalue weighted by Gasteiger charge is 2.16. The third-order valence-corrected chi connectivity index (χ3v) is 3.13. The van der Waals surface area contributed by atoms with Gasteiger partial charge in [-0.05, 0) is 23.8 Å². The molecular weight excluding hydrogens is 297 g/mol. The molecule has 2 N–H and O–H groups in total. The molecule has 0 bridgehead atoms. The molecule has 21 heavy (non-hydrogen) atoms. The Labute approximate surface area is 125 Å². The molecule has 6 heteroatoms. The molecule has 0 saturated carbocycles. The van der Waals surface area contributed by atoms with Crippen molar-refractivity contribution in [1.29, 1.82) is 0 Å². The number of rotatable bonds is 4. The van der Waals surface area contributed by atoms with E-state index in [1.54, 1.807) is 6.07 Å². The minimum atomic E-state index is -1.25. The van der Waals surface area contributed by atoms with E-state index in [9.17, 15) is 14.0 Å². The first-order valence-corrected chi connectivity index (χ1v) is 6.42. The maximum atomic E-state index is 13.5. The Balaban J connectivity index is 2.19. The lowest BCUT2D eigenvalue weighted by Gasteiger charge is -2.10. The molecular formula is C15H11ClFNO3. The number of halogens is 2. The zero-order valence-corrected chi connectivity index (χ0v) is 11.5. The number of nitrogens with one attached hydrogen (secondary N) is 1. The van der Waals surface area contributed by atoms with Crippen LogP contribution >= 0.6 is 11.6 Å². The number of carboxylic acids is 1. The van der Waals surface area contributed by atoms with E-state index in [0.717, 1.165) is 0 Å². The maximum absolute atomic E-state index is 13.5. The zero-order chi connectivity index (χ0) is 15.4. The van der Waals surface area contributed by atoms with Gasteiger partial charge in [0.1, 0.15) is 11.4 Å². The van der Waals surface area contributed by atoms with Crippen LogP contribution in [0.15, 0.2) is 42.5 Å². The Morgan fingerprint density at radius 2 is 1.86 bits per heavy atom. The topological polar surface area (TPSA) is 66.4 Å². The van der Waals surface area contributed by atoms with Gasteiger partial charge < -0.3 is 10.4 Å². The lowest BCUT2D eigenvalue weighted by atomic mass is 10.1. The second-order valence-corrected chi connectivity index (χ2v) is 4.69. The van der Waals surface area contributed by atoms with Crippen molar-refractivity contribution in [2.75, 3.05) is 5.32 Å². The number of anilines is 1. The second kappa shape index (κ2) is 6.37. The van der Waals surface area contributed by atoms with Crippen LogP contribution in [0.5, 0.6) is 0 Å². The molecule has 0 unspecified atom stereocenters. The van der Waals surface area contributed by atoms with Crippen molar-refractivity contribution in [2.24, 2.45) is 0 Å². The second-order valence-electron chi connectivity index (χ2n) is 4.28. The van der Waals surface area contributed by atoms with Crippen LogP contribution in [0.4, 0.5) is 10.1 Å². The van der Waals surface area contributed by atoms with Crippen molar-refractivity contribution in [3.63, 3.8) is 0 Å². The highest BCUT2D eigenvalue weighted by atomic mass is 35.5. The molecule has 0 saturated heterocycles. The van der Waals surface area contributed by atoms with Crippen molar-refractivity contribution in [3.05, 3.63) is 64.4 Å². The summed E-state index contributed by atoms with van der Waals surface area (Å²) in [5.41, 5.74) is 0.117. The monoisotopic (exact) mass is 307 g/mol. The number of carboxylic acid groups (broad SMARTS) is 1. The molecule has 108 valence electrons. The van der Waals surface area contributed by atoms with Crippen LogP contribution in [-0.4, -0.2) is 17.0 Å². The number of amides is 1. The molecule has 0 aliphatic carbocycles. The van der Waals surface area contributed by atoms with Crippen LogP contribution in [0.25, 0.3) is 0 Å². The number of aromatic carboxylic acids is 1. The van der Waals surface area contributed by atoms with Crippen molar-refractivity contribution >= 4 is 29.2 Å². The molecule has 0 atom stereocenters. The van der Waals surface area contributed by atoms with Crippen LogP contribution < -0.4 is 5.32 Å². The molecule has 4 nitrogen and oxygen atoms in total. The fraction of sp³-hybridized carbons (Fsp3) is 0.0667. The first-order chi connectivity index (χ1) is 9.99. The fourth-order valence-electron chi connectivity index (χ4n) is 1.85. The van der Waals surface area contributed by atoms with Gasteiger partial charge >= 0.3 is 5.97 Å². The number of benzene rings is 2. The lowest BCUT2D eigenvalue weighted by molar-refractivity contribution is -0.115. The molecule has 1 amide bonds. The van der Waals surface area contributed by atoms with E-state index in [2.05, 4.69) is 5.32 Å². The summed E-state index contributed by atoms with van der Waals surface area (Å²) in [5, 5.41) is 11.6. The van der Waals surface area contributed by atoms with Crippen molar-refractivity contribution in [3.8, 4) is 0 Å². The molecule has 0 heterocycles. The van der Waals surface area contributed by atoms with Crippen LogP contribution in [0.3, 0.4) is 0 Å². The SMILES string of the molecule is O=C(Cc1ccccc1F)Nc1cccc(Cl)c1C(=O)O. The molecule has 2 aromatic rings. The van der Waals surface area contributed by atoms with Gasteiger partial charge in [-0.15, -0.1) is 0 Å². The van der Waals surface area contributed by atoms with Gasteiger partial charge in [-0.3, -0.25) is 4.79 Å². The van der Waals surface area contributed by atoms with Gasteiger partial charge in [0.15, 0.2) is 0 Å². The van der Waals surface area contributed by atoms with Crippen LogP contribution in [0, 0.1) is 5.82 Å². The summed E-state index contributed by atoms with van der Waals surface area (Å²) in [4.78, 5) is 23.0. The predicted octanol–water partition coefficient (Wildman–Crippen LogP) is 3.36. The molecule has 2 rings (SSSR count). The first kappa shape index (κ1) is 15.0. The smallest absolute Gasteiger partial charge is 0.339 e. The van der Waals surface area contributed by atoms with Crippen molar-refractivity contribution in [2.45, 2.75) is 6.42 Å². The Morgan fingerprint density at radius 1 is 1.14 bits per heavy atom. The van der Waals surface area contributed by atoms with E-state index in [1.165, 1.54) is 36.4 Å². The van der Waals surface area contributed by atoms with Crippen molar-refractivity contribution in [1.82, 2.24) is 0 Å². The summed E-state index contributed by atoms with van der Waals surface area (Å²) in [6.07, 6.45) is -0.196. The third-order valence-electron chi connectivity index (χ3n) is 2.81. The average molecular weight is 308 g/mol. The average Bonchev–Trinajstić information content (AvgIpc) is 2.41. The summed E-state index contributed by atoms with van der Waals surface area (Å²) in [7, 11) is 0. The number of carbonyl (C=O) groups excluding carboxylic acids is 1. The highest BCUT2D eigenvalue weighted by molar-refractivity contribution is 6.34. The van der Waals surface area contributed by atoms with Gasteiger partial charge in [0.2, 0.25) is 5.91 Å². The summed E-state index contributed by atoms with van der Waals surface area (Å²) in [6, 6.07) is 10.2. The molecule has 0 aliphatic heterocycles. The first-order valence-electron chi connectivity index (χ1n) is 6.04. The van der Waals surface area contributed by atoms with Gasteiger partial charge in [0.05, 0.1) is 17.1 Å². The minimum absolute atomic E-state index is 0.0196. The van der Waals surface area contributed by atoms with Gasteiger partial charge in [-0.25, -0.2) is 9.18 Å². The number of carbonyl (C=O) groups is 2.